The average Bonchev–Trinajstić information content (AvgIpc) is 3.18. The number of amides is 1. The average molecular weight is 414 g/mol. The number of anilines is 1. The normalized spacial score (nSPS) is 11.6. The van der Waals surface area contributed by atoms with Crippen LogP contribution >= 0.6 is 11.3 Å². The zero-order valence-corrected chi connectivity index (χ0v) is 16.7. The Morgan fingerprint density at radius 2 is 1.83 bits per heavy atom. The fourth-order valence-electron chi connectivity index (χ4n) is 2.47. The van der Waals surface area contributed by atoms with Crippen LogP contribution < -0.4 is 10.1 Å². The summed E-state index contributed by atoms with van der Waals surface area (Å²) >= 11 is 1.42. The molecule has 0 spiro atoms. The lowest BCUT2D eigenvalue weighted by molar-refractivity contribution is -0.152. The van der Waals surface area contributed by atoms with Crippen LogP contribution in [0.15, 0.2) is 53.9 Å². The molecule has 1 aromatic heterocycles. The first-order valence-electron chi connectivity index (χ1n) is 8.79. The van der Waals surface area contributed by atoms with Gasteiger partial charge >= 0.3 is 5.97 Å². The number of hydrogen-bond donors (Lipinski definition) is 1. The largest absolute Gasteiger partial charge is 0.497 e. The summed E-state index contributed by atoms with van der Waals surface area (Å²) in [5.41, 5.74) is 1.90. The number of thiazole rings is 1. The van der Waals surface area contributed by atoms with Gasteiger partial charge in [0.15, 0.2) is 6.10 Å². The van der Waals surface area contributed by atoms with Crippen LogP contribution in [0.1, 0.15) is 12.6 Å². The van der Waals surface area contributed by atoms with Crippen molar-refractivity contribution in [2.24, 2.45) is 0 Å². The zero-order valence-electron chi connectivity index (χ0n) is 15.8. The summed E-state index contributed by atoms with van der Waals surface area (Å²) in [6.07, 6.45) is -1.03. The first kappa shape index (κ1) is 20.5. The van der Waals surface area contributed by atoms with Crippen molar-refractivity contribution in [3.8, 4) is 16.3 Å². The molecule has 0 radical (unpaired) electrons. The number of carbonyl (C=O) groups excluding carboxylic acids is 2. The summed E-state index contributed by atoms with van der Waals surface area (Å²) < 4.78 is 23.2. The first-order valence-corrected chi connectivity index (χ1v) is 9.67. The fourth-order valence-corrected chi connectivity index (χ4v) is 3.30. The van der Waals surface area contributed by atoms with Gasteiger partial charge in [0.05, 0.1) is 19.2 Å². The fraction of sp³-hybridized carbons (Fsp3) is 0.190. The molecule has 3 rings (SSSR count). The van der Waals surface area contributed by atoms with Crippen molar-refractivity contribution in [1.29, 1.82) is 0 Å². The predicted molar refractivity (Wildman–Crippen MR) is 108 cm³/mol. The quantitative estimate of drug-likeness (QED) is 0.590. The maximum atomic E-state index is 12.9. The van der Waals surface area contributed by atoms with E-state index in [1.165, 1.54) is 42.5 Å². The molecule has 1 N–H and O–H groups in total. The summed E-state index contributed by atoms with van der Waals surface area (Å²) in [5, 5.41) is 5.12. The van der Waals surface area contributed by atoms with Crippen LogP contribution in [0, 0.1) is 5.82 Å². The monoisotopic (exact) mass is 414 g/mol. The van der Waals surface area contributed by atoms with Crippen LogP contribution in [0.25, 0.3) is 10.6 Å². The van der Waals surface area contributed by atoms with E-state index in [4.69, 9.17) is 9.47 Å². The van der Waals surface area contributed by atoms with Crippen LogP contribution in [0.3, 0.4) is 0 Å². The molecule has 0 unspecified atom stereocenters. The molecule has 1 atom stereocenters. The molecule has 0 aliphatic carbocycles. The molecule has 0 bridgehead atoms. The second-order valence-corrected chi connectivity index (χ2v) is 7.04. The number of carbonyl (C=O) groups is 2. The molecule has 0 aliphatic rings. The molecule has 0 saturated carbocycles. The van der Waals surface area contributed by atoms with E-state index in [1.54, 1.807) is 12.5 Å². The smallest absolute Gasteiger partial charge is 0.312 e. The molecule has 150 valence electrons. The number of nitrogens with zero attached hydrogens (tertiary/aromatic N) is 1. The van der Waals surface area contributed by atoms with Crippen molar-refractivity contribution in [2.75, 3.05) is 12.4 Å². The third-order valence-corrected chi connectivity index (χ3v) is 4.94. The number of methoxy groups -OCH3 is 1. The third-order valence-electron chi connectivity index (χ3n) is 4.00. The molecule has 29 heavy (non-hydrogen) atoms. The SMILES string of the molecule is COc1ccc(-c2nc(CC(=O)O[C@H](C)C(=O)Nc3ccc(F)cc3)cs2)cc1. The minimum atomic E-state index is -0.993. The van der Waals surface area contributed by atoms with Crippen LogP contribution in [-0.2, 0) is 20.7 Å². The first-order chi connectivity index (χ1) is 13.9. The van der Waals surface area contributed by atoms with Gasteiger partial charge in [0.25, 0.3) is 5.91 Å². The summed E-state index contributed by atoms with van der Waals surface area (Å²) in [4.78, 5) is 28.7. The maximum absolute atomic E-state index is 12.9. The van der Waals surface area contributed by atoms with Crippen molar-refractivity contribution >= 4 is 28.9 Å². The van der Waals surface area contributed by atoms with Gasteiger partial charge in [0.2, 0.25) is 0 Å². The summed E-state index contributed by atoms with van der Waals surface area (Å²) in [7, 11) is 1.60. The standard InChI is InChI=1S/C21H19FN2O4S/c1-13(20(26)23-16-7-5-15(22)6-8-16)28-19(25)11-17-12-29-21(24-17)14-3-9-18(27-2)10-4-14/h3-10,12-13H,11H2,1-2H3,(H,23,26)/t13-/m1/s1. The third kappa shape index (κ3) is 5.61. The van der Waals surface area contributed by atoms with E-state index in [1.807, 2.05) is 24.3 Å². The molecule has 2 aromatic carbocycles. The number of halogens is 1. The minimum absolute atomic E-state index is 0.0409. The van der Waals surface area contributed by atoms with Gasteiger partial charge in [0.1, 0.15) is 16.6 Å². The van der Waals surface area contributed by atoms with Crippen molar-refractivity contribution in [2.45, 2.75) is 19.4 Å². The second-order valence-electron chi connectivity index (χ2n) is 6.18. The number of hydrogen-bond acceptors (Lipinski definition) is 6. The topological polar surface area (TPSA) is 77.5 Å². The van der Waals surface area contributed by atoms with E-state index in [0.29, 0.717) is 11.4 Å². The van der Waals surface area contributed by atoms with E-state index < -0.39 is 23.8 Å². The Hall–Kier alpha value is -3.26. The Morgan fingerprint density at radius 3 is 2.48 bits per heavy atom. The second kappa shape index (κ2) is 9.29. The maximum Gasteiger partial charge on any atom is 0.312 e. The van der Waals surface area contributed by atoms with Gasteiger partial charge in [0, 0.05) is 16.6 Å². The van der Waals surface area contributed by atoms with Crippen LogP contribution in [0.4, 0.5) is 10.1 Å². The van der Waals surface area contributed by atoms with Gasteiger partial charge < -0.3 is 14.8 Å². The minimum Gasteiger partial charge on any atom is -0.497 e. The Bertz CT molecular complexity index is 987. The molecule has 1 amide bonds. The van der Waals surface area contributed by atoms with Gasteiger partial charge in [-0.15, -0.1) is 11.3 Å². The molecular weight excluding hydrogens is 395 g/mol. The zero-order chi connectivity index (χ0) is 20.8. The molecular formula is C21H19FN2O4S. The lowest BCUT2D eigenvalue weighted by Crippen LogP contribution is -2.30. The van der Waals surface area contributed by atoms with Gasteiger partial charge in [-0.2, -0.15) is 0 Å². The Labute approximate surface area is 171 Å². The van der Waals surface area contributed by atoms with Crippen LogP contribution in [-0.4, -0.2) is 30.1 Å². The molecule has 3 aromatic rings. The number of esters is 1. The Kier molecular flexibility index (Phi) is 6.56. The predicted octanol–water partition coefficient (Wildman–Crippen LogP) is 4.07. The molecule has 0 saturated heterocycles. The summed E-state index contributed by atoms with van der Waals surface area (Å²) in [5.74, 6) is -0.706. The van der Waals surface area contributed by atoms with E-state index in [-0.39, 0.29) is 6.42 Å². The highest BCUT2D eigenvalue weighted by molar-refractivity contribution is 7.13. The van der Waals surface area contributed by atoms with Crippen LogP contribution in [0.2, 0.25) is 0 Å². The molecule has 6 nitrogen and oxygen atoms in total. The highest BCUT2D eigenvalue weighted by Crippen LogP contribution is 2.26. The molecule has 0 aliphatic heterocycles. The van der Waals surface area contributed by atoms with Crippen molar-refractivity contribution in [3.05, 3.63) is 65.4 Å². The van der Waals surface area contributed by atoms with Gasteiger partial charge in [-0.25, -0.2) is 9.37 Å². The van der Waals surface area contributed by atoms with E-state index in [0.717, 1.165) is 16.3 Å². The molecule has 1 heterocycles. The van der Waals surface area contributed by atoms with E-state index in [2.05, 4.69) is 10.3 Å². The Morgan fingerprint density at radius 1 is 1.14 bits per heavy atom. The van der Waals surface area contributed by atoms with Crippen molar-refractivity contribution in [1.82, 2.24) is 4.98 Å². The van der Waals surface area contributed by atoms with Gasteiger partial charge in [-0.1, -0.05) is 0 Å². The molecule has 8 heteroatoms. The highest BCUT2D eigenvalue weighted by Gasteiger charge is 2.19. The van der Waals surface area contributed by atoms with Crippen LogP contribution in [0.5, 0.6) is 5.75 Å². The number of nitrogens with one attached hydrogen (secondary N) is 1. The van der Waals surface area contributed by atoms with Gasteiger partial charge in [-0.3, -0.25) is 9.59 Å². The van der Waals surface area contributed by atoms with Crippen molar-refractivity contribution < 1.29 is 23.5 Å². The lowest BCUT2D eigenvalue weighted by atomic mass is 10.2. The van der Waals surface area contributed by atoms with Crippen molar-refractivity contribution in [3.63, 3.8) is 0 Å². The number of ether oxygens (including phenoxy) is 2. The summed E-state index contributed by atoms with van der Waals surface area (Å²) in [6, 6.07) is 12.8. The highest BCUT2D eigenvalue weighted by atomic mass is 32.1. The van der Waals surface area contributed by atoms with E-state index in [9.17, 15) is 14.0 Å². The molecule has 0 fully saturated rings. The van der Waals surface area contributed by atoms with E-state index >= 15 is 0 Å². The Balaban J connectivity index is 1.54. The number of rotatable bonds is 7. The van der Waals surface area contributed by atoms with Gasteiger partial charge in [-0.05, 0) is 55.5 Å². The number of benzene rings is 2. The number of aromatic nitrogens is 1. The lowest BCUT2D eigenvalue weighted by Gasteiger charge is -2.13. The summed E-state index contributed by atoms with van der Waals surface area (Å²) in [6.45, 7) is 1.47.